The summed E-state index contributed by atoms with van der Waals surface area (Å²) < 4.78 is 17.8. The Bertz CT molecular complexity index is 1500. The number of nitrogens with zero attached hydrogens (tertiary/aromatic N) is 1. The third-order valence-electron chi connectivity index (χ3n) is 8.44. The highest BCUT2D eigenvalue weighted by molar-refractivity contribution is 8.00. The lowest BCUT2D eigenvalue weighted by Gasteiger charge is -2.40. The Hall–Kier alpha value is -3.24. The third-order valence-corrected chi connectivity index (χ3v) is 11.3. The number of esters is 1. The van der Waals surface area contributed by atoms with Crippen LogP contribution in [0.2, 0.25) is 0 Å². The number of rotatable bonds is 8. The zero-order valence-electron chi connectivity index (χ0n) is 22.7. The number of anilines is 1. The van der Waals surface area contributed by atoms with Gasteiger partial charge in [0, 0.05) is 21.7 Å². The number of aromatic nitrogens is 1. The third kappa shape index (κ3) is 4.71. The Kier molecular flexibility index (Phi) is 7.39. The van der Waals surface area contributed by atoms with Crippen LogP contribution in [0.5, 0.6) is 11.5 Å². The van der Waals surface area contributed by atoms with Gasteiger partial charge in [-0.25, -0.2) is 4.79 Å². The Morgan fingerprint density at radius 2 is 1.77 bits per heavy atom. The molecule has 2 fully saturated rings. The number of carbonyl (C=O) groups excluding carboxylic acids is 2. The van der Waals surface area contributed by atoms with Crippen LogP contribution < -0.4 is 19.7 Å². The van der Waals surface area contributed by atoms with Crippen molar-refractivity contribution in [1.82, 2.24) is 4.57 Å². The summed E-state index contributed by atoms with van der Waals surface area (Å²) in [5.74, 6) is 2.47. The van der Waals surface area contributed by atoms with E-state index in [0.29, 0.717) is 52.4 Å². The van der Waals surface area contributed by atoms with E-state index in [9.17, 15) is 14.4 Å². The molecule has 8 nitrogen and oxygen atoms in total. The van der Waals surface area contributed by atoms with E-state index < -0.39 is 5.97 Å². The fourth-order valence-electron chi connectivity index (χ4n) is 6.75. The molecule has 2 saturated carbocycles. The first-order valence-corrected chi connectivity index (χ1v) is 15.3. The molecule has 210 valence electrons. The molecule has 1 amide bonds. The average molecular weight is 581 g/mol. The zero-order chi connectivity index (χ0) is 28.0. The second-order valence-electron chi connectivity index (χ2n) is 10.6. The van der Waals surface area contributed by atoms with Gasteiger partial charge in [0.1, 0.15) is 6.54 Å². The summed E-state index contributed by atoms with van der Waals surface area (Å²) >= 11 is 3.06. The van der Waals surface area contributed by atoms with Crippen LogP contribution in [0.25, 0.3) is 0 Å². The highest BCUT2D eigenvalue weighted by Crippen LogP contribution is 2.64. The predicted molar refractivity (Wildman–Crippen MR) is 155 cm³/mol. The van der Waals surface area contributed by atoms with Crippen LogP contribution in [0.1, 0.15) is 52.9 Å². The molecule has 0 spiro atoms. The van der Waals surface area contributed by atoms with Gasteiger partial charge in [0.25, 0.3) is 0 Å². The minimum atomic E-state index is -0.406. The monoisotopic (exact) mass is 580 g/mol. The molecule has 4 unspecified atom stereocenters. The van der Waals surface area contributed by atoms with Gasteiger partial charge in [-0.2, -0.15) is 0 Å². The normalized spacial score (nSPS) is 24.2. The molecule has 0 saturated heterocycles. The van der Waals surface area contributed by atoms with Gasteiger partial charge in [-0.3, -0.25) is 14.2 Å². The van der Waals surface area contributed by atoms with E-state index >= 15 is 0 Å². The molecule has 1 aliphatic heterocycles. The topological polar surface area (TPSA) is 95.9 Å². The van der Waals surface area contributed by atoms with Crippen molar-refractivity contribution in [1.29, 1.82) is 0 Å². The number of carbonyl (C=O) groups is 2. The van der Waals surface area contributed by atoms with Crippen molar-refractivity contribution < 1.29 is 23.8 Å². The summed E-state index contributed by atoms with van der Waals surface area (Å²) in [5, 5.41) is 4.20. The Balaban J connectivity index is 1.30. The van der Waals surface area contributed by atoms with Crippen LogP contribution in [0, 0.1) is 17.8 Å². The first-order chi connectivity index (χ1) is 19.4. The molecule has 2 heterocycles. The summed E-state index contributed by atoms with van der Waals surface area (Å²) in [6, 6.07) is 12.6. The number of ether oxygens (including phenoxy) is 3. The molecule has 2 aliphatic carbocycles. The van der Waals surface area contributed by atoms with Gasteiger partial charge in [-0.15, -0.1) is 11.8 Å². The van der Waals surface area contributed by atoms with E-state index in [4.69, 9.17) is 14.2 Å². The number of amides is 1. The molecule has 2 aromatic carbocycles. The number of methoxy groups -OCH3 is 2. The smallest absolute Gasteiger partial charge is 0.338 e. The number of fused-ring (bicyclic) bond motifs is 6. The predicted octanol–water partition coefficient (Wildman–Crippen LogP) is 5.39. The van der Waals surface area contributed by atoms with Gasteiger partial charge in [0.15, 0.2) is 11.5 Å². The van der Waals surface area contributed by atoms with Gasteiger partial charge < -0.3 is 19.5 Å². The molecular formula is C30H32N2O6S2. The van der Waals surface area contributed by atoms with Crippen LogP contribution in [-0.2, 0) is 16.1 Å². The Morgan fingerprint density at radius 1 is 1.02 bits per heavy atom. The second kappa shape index (κ2) is 11.0. The molecule has 2 bridgehead atoms. The molecule has 0 radical (unpaired) electrons. The van der Waals surface area contributed by atoms with Crippen molar-refractivity contribution in [2.75, 3.05) is 26.1 Å². The first kappa shape index (κ1) is 27.0. The van der Waals surface area contributed by atoms with E-state index in [0.717, 1.165) is 15.5 Å². The molecule has 5 atom stereocenters. The molecule has 3 aliphatic rings. The highest BCUT2D eigenvalue weighted by atomic mass is 32.2. The van der Waals surface area contributed by atoms with Crippen molar-refractivity contribution in [3.63, 3.8) is 0 Å². The van der Waals surface area contributed by atoms with Gasteiger partial charge in [0.2, 0.25) is 5.91 Å². The molecule has 3 aromatic rings. The van der Waals surface area contributed by atoms with Gasteiger partial charge >= 0.3 is 10.8 Å². The van der Waals surface area contributed by atoms with Gasteiger partial charge in [0.05, 0.1) is 31.4 Å². The zero-order valence-corrected chi connectivity index (χ0v) is 24.3. The van der Waals surface area contributed by atoms with Crippen molar-refractivity contribution >= 4 is 40.7 Å². The van der Waals surface area contributed by atoms with E-state index in [1.54, 1.807) is 61.7 Å². The Labute approximate surface area is 241 Å². The maximum Gasteiger partial charge on any atom is 0.338 e. The average Bonchev–Trinajstić information content (AvgIpc) is 3.66. The number of benzene rings is 2. The lowest BCUT2D eigenvalue weighted by atomic mass is 9.75. The van der Waals surface area contributed by atoms with Gasteiger partial charge in [-0.1, -0.05) is 17.4 Å². The standard InChI is InChI=1S/C30H32N2O6S2/c1-4-38-29(34)16-7-10-20(11-8-16)31-23(33)15-32-28-27(40-30(32)35)25(18-9-12-21(36-2)22(14-18)37-3)24-17-5-6-19(13-17)26(24)39-28/h7-12,14,17,19,24-26H,4-6,13,15H2,1-3H3,(H,31,33)/t17?,19?,24?,25-,26?/m0/s1. The van der Waals surface area contributed by atoms with Crippen LogP contribution in [0.3, 0.4) is 0 Å². The largest absolute Gasteiger partial charge is 0.493 e. The summed E-state index contributed by atoms with van der Waals surface area (Å²) in [6.45, 7) is 1.98. The molecule has 6 rings (SSSR count). The quantitative estimate of drug-likeness (QED) is 0.357. The van der Waals surface area contributed by atoms with E-state index in [1.165, 1.54) is 30.6 Å². The molecular weight excluding hydrogens is 548 g/mol. The van der Waals surface area contributed by atoms with Crippen molar-refractivity contribution in [2.45, 2.75) is 48.9 Å². The van der Waals surface area contributed by atoms with Crippen molar-refractivity contribution in [3.05, 3.63) is 68.1 Å². The summed E-state index contributed by atoms with van der Waals surface area (Å²) in [7, 11) is 3.27. The van der Waals surface area contributed by atoms with Crippen LogP contribution >= 0.6 is 23.1 Å². The molecule has 1 N–H and O–H groups in total. The van der Waals surface area contributed by atoms with Crippen LogP contribution in [-0.4, -0.2) is 42.5 Å². The fraction of sp³-hybridized carbons (Fsp3) is 0.433. The number of hydrogen-bond donors (Lipinski definition) is 1. The minimum Gasteiger partial charge on any atom is -0.493 e. The van der Waals surface area contributed by atoms with Gasteiger partial charge in [-0.05, 0) is 85.9 Å². The fourth-order valence-corrected chi connectivity index (χ4v) is 9.91. The minimum absolute atomic E-state index is 0.0680. The summed E-state index contributed by atoms with van der Waals surface area (Å²) in [6.07, 6.45) is 3.69. The highest BCUT2D eigenvalue weighted by Gasteiger charge is 2.55. The Morgan fingerprint density at radius 3 is 2.50 bits per heavy atom. The van der Waals surface area contributed by atoms with E-state index in [-0.39, 0.29) is 23.2 Å². The molecule has 1 aromatic heterocycles. The maximum atomic E-state index is 13.4. The molecule has 10 heteroatoms. The van der Waals surface area contributed by atoms with Crippen molar-refractivity contribution in [2.24, 2.45) is 17.8 Å². The van der Waals surface area contributed by atoms with Crippen molar-refractivity contribution in [3.8, 4) is 11.5 Å². The maximum absolute atomic E-state index is 13.4. The van der Waals surface area contributed by atoms with E-state index in [1.807, 2.05) is 12.1 Å². The summed E-state index contributed by atoms with van der Waals surface area (Å²) in [5.41, 5.74) is 2.10. The van der Waals surface area contributed by atoms with Crippen LogP contribution in [0.4, 0.5) is 5.69 Å². The lowest BCUT2D eigenvalue weighted by molar-refractivity contribution is -0.116. The number of thioether (sulfide) groups is 1. The van der Waals surface area contributed by atoms with Crippen LogP contribution in [0.15, 0.2) is 52.3 Å². The second-order valence-corrected chi connectivity index (χ2v) is 12.7. The lowest BCUT2D eigenvalue weighted by Crippen LogP contribution is -2.34. The first-order valence-electron chi connectivity index (χ1n) is 13.6. The number of thiazole rings is 1. The summed E-state index contributed by atoms with van der Waals surface area (Å²) in [4.78, 5) is 39.3. The number of hydrogen-bond acceptors (Lipinski definition) is 8. The SMILES string of the molecule is CCOC(=O)c1ccc(NC(=O)Cn2c3c(sc2=O)[C@@H](c2ccc(OC)c(OC)c2)C2C4CCC(C4)C2S3)cc1. The molecule has 40 heavy (non-hydrogen) atoms. The number of nitrogens with one attached hydrogen (secondary N) is 1. The van der Waals surface area contributed by atoms with E-state index in [2.05, 4.69) is 11.4 Å².